The smallest absolute Gasteiger partial charge is 0.497 e. The molecule has 0 bridgehead atoms. The lowest BCUT2D eigenvalue weighted by Gasteiger charge is -2.37. The van der Waals surface area contributed by atoms with Gasteiger partial charge in [0.25, 0.3) is 0 Å². The summed E-state index contributed by atoms with van der Waals surface area (Å²) in [6.07, 6.45) is -0.749. The summed E-state index contributed by atoms with van der Waals surface area (Å²) in [5.41, 5.74) is 1.70. The standard InChI is InChI=1S/C35H43BO9P/c1-23(2)42-30-20-34(36)44-33(30)22-41-46(37)45-31-19-24(3)43-32(31)21-40-35(25-9-7-6-8-10-25,26-11-15-28(38-4)16-12-26)27-13-17-29(39-5)18-14-27/h6-18,23-24,30-34H,19-22H2,1-5H3/q+1/t24-,30?,31?,32+,33+,34+/m0/s1. The fourth-order valence-corrected chi connectivity index (χ4v) is 6.90. The van der Waals surface area contributed by atoms with E-state index in [1.807, 2.05) is 99.6 Å². The molecule has 11 heteroatoms. The van der Waals surface area contributed by atoms with Gasteiger partial charge in [0.2, 0.25) is 0 Å². The first-order valence-corrected chi connectivity index (χ1v) is 16.8. The highest BCUT2D eigenvalue weighted by Crippen LogP contribution is 2.43. The Kier molecular flexibility index (Phi) is 11.9. The normalized spacial score (nSPS) is 25.1. The van der Waals surface area contributed by atoms with E-state index >= 15 is 0 Å². The molecular formula is C35H43BO9P+. The van der Waals surface area contributed by atoms with Crippen molar-refractivity contribution in [2.24, 2.45) is 0 Å². The van der Waals surface area contributed by atoms with E-state index in [-0.39, 0.29) is 31.5 Å². The van der Waals surface area contributed by atoms with Crippen molar-refractivity contribution in [1.82, 2.24) is 0 Å². The largest absolute Gasteiger partial charge is 0.697 e. The Hall–Kier alpha value is -2.82. The molecule has 46 heavy (non-hydrogen) atoms. The van der Waals surface area contributed by atoms with Gasteiger partial charge in [-0.25, -0.2) is 0 Å². The van der Waals surface area contributed by atoms with Crippen LogP contribution in [0, 0.1) is 0 Å². The quantitative estimate of drug-likeness (QED) is 0.107. The molecule has 0 amide bonds. The summed E-state index contributed by atoms with van der Waals surface area (Å²) < 4.78 is 60.5. The summed E-state index contributed by atoms with van der Waals surface area (Å²) in [6.45, 7) is 6.05. The first-order valence-electron chi connectivity index (χ1n) is 15.7. The summed E-state index contributed by atoms with van der Waals surface area (Å²) in [4.78, 5) is 0. The van der Waals surface area contributed by atoms with Gasteiger partial charge >= 0.3 is 8.25 Å². The van der Waals surface area contributed by atoms with Crippen molar-refractivity contribution >= 4 is 16.1 Å². The molecule has 2 saturated heterocycles. The molecular weight excluding hydrogens is 606 g/mol. The van der Waals surface area contributed by atoms with Gasteiger partial charge in [0.05, 0.1) is 39.1 Å². The predicted octanol–water partition coefficient (Wildman–Crippen LogP) is 6.33. The first kappa shape index (κ1) is 34.5. The molecule has 9 nitrogen and oxygen atoms in total. The van der Waals surface area contributed by atoms with E-state index in [0.717, 1.165) is 28.2 Å². The maximum absolute atomic E-state index is 13.1. The van der Waals surface area contributed by atoms with Crippen LogP contribution in [-0.4, -0.2) is 77.9 Å². The summed E-state index contributed by atoms with van der Waals surface area (Å²) in [6, 6.07) is 25.2. The Balaban J connectivity index is 1.36. The number of hydrogen-bond acceptors (Lipinski definition) is 9. The summed E-state index contributed by atoms with van der Waals surface area (Å²) in [5.74, 6) is 1.47. The van der Waals surface area contributed by atoms with Gasteiger partial charge in [-0.1, -0.05) is 54.6 Å². The van der Waals surface area contributed by atoms with E-state index in [1.165, 1.54) is 0 Å². The van der Waals surface area contributed by atoms with Crippen molar-refractivity contribution < 1.29 is 42.0 Å². The Morgan fingerprint density at radius 3 is 1.93 bits per heavy atom. The minimum atomic E-state index is -2.48. The summed E-state index contributed by atoms with van der Waals surface area (Å²) in [7, 11) is 6.78. The first-order chi connectivity index (χ1) is 22.2. The van der Waals surface area contributed by atoms with Crippen molar-refractivity contribution in [2.45, 2.75) is 81.8 Å². The fourth-order valence-electron chi connectivity index (χ4n) is 6.12. The molecule has 0 spiro atoms. The van der Waals surface area contributed by atoms with E-state index in [9.17, 15) is 4.57 Å². The van der Waals surface area contributed by atoms with Crippen molar-refractivity contribution in [3.63, 3.8) is 0 Å². The van der Waals surface area contributed by atoms with Gasteiger partial charge in [-0.3, -0.25) is 0 Å². The third-order valence-electron chi connectivity index (χ3n) is 8.27. The van der Waals surface area contributed by atoms with Crippen molar-refractivity contribution in [3.8, 4) is 11.5 Å². The number of ether oxygens (including phenoxy) is 6. The molecule has 244 valence electrons. The van der Waals surface area contributed by atoms with Crippen LogP contribution in [0.3, 0.4) is 0 Å². The molecule has 2 heterocycles. The molecule has 0 saturated carbocycles. The maximum Gasteiger partial charge on any atom is 0.697 e. The second kappa shape index (κ2) is 15.9. The Bertz CT molecular complexity index is 1340. The second-order valence-electron chi connectivity index (χ2n) is 11.9. The second-order valence-corrected chi connectivity index (χ2v) is 12.8. The van der Waals surface area contributed by atoms with E-state index in [4.69, 9.17) is 45.3 Å². The van der Waals surface area contributed by atoms with Gasteiger partial charge in [0.15, 0.2) is 0 Å². The minimum absolute atomic E-state index is 0.00290. The monoisotopic (exact) mass is 649 g/mol. The van der Waals surface area contributed by atoms with Gasteiger partial charge in [-0.05, 0) is 68.1 Å². The van der Waals surface area contributed by atoms with Crippen LogP contribution in [0.4, 0.5) is 0 Å². The number of methoxy groups -OCH3 is 2. The Labute approximate surface area is 274 Å². The van der Waals surface area contributed by atoms with Crippen molar-refractivity contribution in [2.75, 3.05) is 27.4 Å². The van der Waals surface area contributed by atoms with Crippen molar-refractivity contribution in [1.29, 1.82) is 0 Å². The van der Waals surface area contributed by atoms with Crippen LogP contribution in [0.2, 0.25) is 0 Å². The highest BCUT2D eigenvalue weighted by molar-refractivity contribution is 7.33. The molecule has 5 rings (SSSR count). The van der Waals surface area contributed by atoms with Gasteiger partial charge in [0, 0.05) is 17.0 Å². The number of benzene rings is 3. The lowest BCUT2D eigenvalue weighted by Crippen LogP contribution is -2.38. The van der Waals surface area contributed by atoms with Crippen LogP contribution in [0.1, 0.15) is 50.3 Å². The third kappa shape index (κ3) is 8.18. The molecule has 3 aromatic rings. The molecule has 7 atom stereocenters. The molecule has 2 aliphatic rings. The van der Waals surface area contributed by atoms with Crippen LogP contribution in [0.15, 0.2) is 78.9 Å². The highest BCUT2D eigenvalue weighted by atomic mass is 31.1. The third-order valence-corrected chi connectivity index (χ3v) is 9.07. The zero-order valence-electron chi connectivity index (χ0n) is 27.1. The predicted molar refractivity (Wildman–Crippen MR) is 175 cm³/mol. The molecule has 3 unspecified atom stereocenters. The van der Waals surface area contributed by atoms with Crippen LogP contribution in [0.25, 0.3) is 0 Å². The molecule has 2 fully saturated rings. The van der Waals surface area contributed by atoms with Crippen LogP contribution in [0.5, 0.6) is 11.5 Å². The van der Waals surface area contributed by atoms with Crippen molar-refractivity contribution in [3.05, 3.63) is 95.6 Å². The zero-order valence-corrected chi connectivity index (χ0v) is 28.0. The highest BCUT2D eigenvalue weighted by Gasteiger charge is 2.45. The minimum Gasteiger partial charge on any atom is -0.497 e. The molecule has 0 aliphatic carbocycles. The lowest BCUT2D eigenvalue weighted by molar-refractivity contribution is -0.0785. The van der Waals surface area contributed by atoms with E-state index in [0.29, 0.717) is 12.8 Å². The summed E-state index contributed by atoms with van der Waals surface area (Å²) in [5, 5.41) is 0. The Morgan fingerprint density at radius 2 is 1.37 bits per heavy atom. The van der Waals surface area contributed by atoms with E-state index < -0.39 is 38.2 Å². The average molecular weight is 650 g/mol. The Morgan fingerprint density at radius 1 is 0.804 bits per heavy atom. The van der Waals surface area contributed by atoms with Gasteiger partial charge in [0.1, 0.15) is 49.9 Å². The fraction of sp³-hybridized carbons (Fsp3) is 0.486. The SMILES string of the molecule is [B][C@H]1CC(OC(C)C)[C@@H](CO[P+](=O)OC2C[C@H](C)O[C@@H]2COC(c2ccccc2)(c2ccc(OC)cc2)c2ccc(OC)cc2)O1. The van der Waals surface area contributed by atoms with Crippen LogP contribution >= 0.6 is 8.25 Å². The zero-order chi connectivity index (χ0) is 32.7. The average Bonchev–Trinajstić information content (AvgIpc) is 3.60. The number of rotatable bonds is 15. The summed E-state index contributed by atoms with van der Waals surface area (Å²) >= 11 is 0. The van der Waals surface area contributed by atoms with Gasteiger partial charge in [-0.2, -0.15) is 0 Å². The van der Waals surface area contributed by atoms with E-state index in [1.54, 1.807) is 14.2 Å². The molecule has 3 aromatic carbocycles. The van der Waals surface area contributed by atoms with Crippen LogP contribution < -0.4 is 9.47 Å². The van der Waals surface area contributed by atoms with Gasteiger partial charge in [-0.15, -0.1) is 9.05 Å². The molecule has 0 aromatic heterocycles. The number of hydrogen-bond donors (Lipinski definition) is 0. The topological polar surface area (TPSA) is 90.9 Å². The molecule has 0 N–H and O–H groups in total. The molecule has 2 radical (unpaired) electrons. The van der Waals surface area contributed by atoms with Crippen LogP contribution in [-0.2, 0) is 38.2 Å². The molecule has 2 aliphatic heterocycles. The van der Waals surface area contributed by atoms with E-state index in [2.05, 4.69) is 0 Å². The maximum atomic E-state index is 13.1. The van der Waals surface area contributed by atoms with Gasteiger partial charge < -0.3 is 28.4 Å². The lowest BCUT2D eigenvalue weighted by atomic mass is 9.80.